The van der Waals surface area contributed by atoms with Gasteiger partial charge in [0.2, 0.25) is 0 Å². The monoisotopic (exact) mass is 313 g/mol. The molecule has 0 aromatic heterocycles. The zero-order valence-corrected chi connectivity index (χ0v) is 11.7. The van der Waals surface area contributed by atoms with Crippen molar-refractivity contribution < 1.29 is 14.6 Å². The molecule has 0 saturated heterocycles. The highest BCUT2D eigenvalue weighted by atomic mass is 79.9. The van der Waals surface area contributed by atoms with E-state index in [-0.39, 0.29) is 0 Å². The van der Waals surface area contributed by atoms with Gasteiger partial charge >= 0.3 is 5.97 Å². The summed E-state index contributed by atoms with van der Waals surface area (Å²) in [6, 6.07) is 4.66. The molecule has 1 aliphatic carbocycles. The Morgan fingerprint density at radius 3 is 2.89 bits per heavy atom. The molecule has 98 valence electrons. The molecular weight excluding hydrogens is 298 g/mol. The van der Waals surface area contributed by atoms with Crippen molar-refractivity contribution in [2.24, 2.45) is 5.92 Å². The van der Waals surface area contributed by atoms with Gasteiger partial charge in [0.05, 0.1) is 7.11 Å². The molecule has 5 heteroatoms. The summed E-state index contributed by atoms with van der Waals surface area (Å²) < 4.78 is 5.91. The first kappa shape index (κ1) is 13.4. The third kappa shape index (κ3) is 3.23. The molecule has 2 rings (SSSR count). The number of carbonyl (C=O) groups is 1. The number of hydrogen-bond acceptors (Lipinski definition) is 3. The van der Waals surface area contributed by atoms with E-state index in [9.17, 15) is 9.90 Å². The molecule has 0 bridgehead atoms. The zero-order chi connectivity index (χ0) is 13.1. The van der Waals surface area contributed by atoms with Crippen LogP contribution in [-0.2, 0) is 4.79 Å². The second-order valence-corrected chi connectivity index (χ2v) is 5.36. The lowest BCUT2D eigenvalue weighted by Gasteiger charge is -2.17. The average Bonchev–Trinajstić information content (AvgIpc) is 3.15. The van der Waals surface area contributed by atoms with Crippen molar-refractivity contribution in [1.82, 2.24) is 5.32 Å². The highest BCUT2D eigenvalue weighted by Gasteiger charge is 2.27. The van der Waals surface area contributed by atoms with Crippen molar-refractivity contribution in [1.29, 1.82) is 0 Å². The Labute approximate surface area is 114 Å². The van der Waals surface area contributed by atoms with Crippen molar-refractivity contribution in [3.8, 4) is 5.75 Å². The minimum absolute atomic E-state index is 0.635. The van der Waals surface area contributed by atoms with Crippen LogP contribution in [0.2, 0.25) is 0 Å². The van der Waals surface area contributed by atoms with Crippen molar-refractivity contribution in [3.05, 3.63) is 28.2 Å². The molecule has 0 aliphatic heterocycles. The van der Waals surface area contributed by atoms with Crippen LogP contribution in [0.15, 0.2) is 22.7 Å². The summed E-state index contributed by atoms with van der Waals surface area (Å²) in [7, 11) is 1.57. The summed E-state index contributed by atoms with van der Waals surface area (Å²) in [6.45, 7) is 0.751. The van der Waals surface area contributed by atoms with Crippen LogP contribution in [0.4, 0.5) is 0 Å². The van der Waals surface area contributed by atoms with E-state index in [1.807, 2.05) is 6.07 Å². The second-order valence-electron chi connectivity index (χ2n) is 4.51. The highest BCUT2D eigenvalue weighted by Crippen LogP contribution is 2.31. The van der Waals surface area contributed by atoms with E-state index in [4.69, 9.17) is 4.74 Å². The molecule has 2 N–H and O–H groups in total. The van der Waals surface area contributed by atoms with Gasteiger partial charge in [-0.3, -0.25) is 4.79 Å². The third-order valence-electron chi connectivity index (χ3n) is 3.07. The SMILES string of the molecule is COc1ccc(Br)c(C(NCC2CC2)C(=O)O)c1. The number of carboxylic acids is 1. The molecule has 0 spiro atoms. The minimum Gasteiger partial charge on any atom is -0.497 e. The summed E-state index contributed by atoms with van der Waals surface area (Å²) in [4.78, 5) is 11.4. The predicted octanol–water partition coefficient (Wildman–Crippen LogP) is 2.58. The van der Waals surface area contributed by atoms with E-state index < -0.39 is 12.0 Å². The number of rotatable bonds is 6. The van der Waals surface area contributed by atoms with Crippen molar-refractivity contribution in [2.75, 3.05) is 13.7 Å². The van der Waals surface area contributed by atoms with E-state index in [0.717, 1.165) is 11.0 Å². The van der Waals surface area contributed by atoms with Gasteiger partial charge in [-0.05, 0) is 49.1 Å². The summed E-state index contributed by atoms with van der Waals surface area (Å²) in [5, 5.41) is 12.4. The number of hydrogen-bond donors (Lipinski definition) is 2. The van der Waals surface area contributed by atoms with Crippen molar-refractivity contribution in [2.45, 2.75) is 18.9 Å². The fourth-order valence-electron chi connectivity index (χ4n) is 1.81. The summed E-state index contributed by atoms with van der Waals surface area (Å²) >= 11 is 3.39. The third-order valence-corrected chi connectivity index (χ3v) is 3.79. The van der Waals surface area contributed by atoms with Gasteiger partial charge in [0.25, 0.3) is 0 Å². The molecular formula is C13H16BrNO3. The number of ether oxygens (including phenoxy) is 1. The van der Waals surface area contributed by atoms with Crippen molar-refractivity contribution >= 4 is 21.9 Å². The lowest BCUT2D eigenvalue weighted by atomic mass is 10.1. The first-order valence-electron chi connectivity index (χ1n) is 5.91. The molecule has 1 aliphatic rings. The van der Waals surface area contributed by atoms with Gasteiger partial charge in [-0.2, -0.15) is 0 Å². The predicted molar refractivity (Wildman–Crippen MR) is 71.8 cm³/mol. The molecule has 1 aromatic carbocycles. The number of benzene rings is 1. The van der Waals surface area contributed by atoms with E-state index in [0.29, 0.717) is 17.2 Å². The molecule has 4 nitrogen and oxygen atoms in total. The molecule has 0 amide bonds. The van der Waals surface area contributed by atoms with Gasteiger partial charge in [0.15, 0.2) is 0 Å². The van der Waals surface area contributed by atoms with Gasteiger partial charge in [0, 0.05) is 4.47 Å². The van der Waals surface area contributed by atoms with Crippen LogP contribution in [0.5, 0.6) is 5.75 Å². The van der Waals surface area contributed by atoms with Crippen LogP contribution in [0, 0.1) is 5.92 Å². The lowest BCUT2D eigenvalue weighted by molar-refractivity contribution is -0.139. The van der Waals surface area contributed by atoms with Gasteiger partial charge in [-0.1, -0.05) is 15.9 Å². The zero-order valence-electron chi connectivity index (χ0n) is 10.1. The molecule has 1 fully saturated rings. The lowest BCUT2D eigenvalue weighted by Crippen LogP contribution is -2.30. The van der Waals surface area contributed by atoms with Crippen LogP contribution < -0.4 is 10.1 Å². The molecule has 1 aromatic rings. The van der Waals surface area contributed by atoms with Gasteiger partial charge < -0.3 is 15.2 Å². The number of nitrogens with one attached hydrogen (secondary N) is 1. The maximum absolute atomic E-state index is 11.4. The Morgan fingerprint density at radius 1 is 1.61 bits per heavy atom. The van der Waals surface area contributed by atoms with Crippen LogP contribution in [-0.4, -0.2) is 24.7 Å². The standard InChI is InChI=1S/C13H16BrNO3/c1-18-9-4-5-11(14)10(6-9)12(13(16)17)15-7-8-2-3-8/h4-6,8,12,15H,2-3,7H2,1H3,(H,16,17). The number of aliphatic carboxylic acids is 1. The number of halogens is 1. The minimum atomic E-state index is -0.871. The Morgan fingerprint density at radius 2 is 2.33 bits per heavy atom. The number of methoxy groups -OCH3 is 1. The Bertz CT molecular complexity index is 446. The normalized spacial score (nSPS) is 16.3. The van der Waals surface area contributed by atoms with E-state index in [1.165, 1.54) is 12.8 Å². The Balaban J connectivity index is 2.19. The molecule has 0 heterocycles. The molecule has 0 radical (unpaired) electrons. The molecule has 1 unspecified atom stereocenters. The van der Waals surface area contributed by atoms with Gasteiger partial charge in [-0.15, -0.1) is 0 Å². The largest absolute Gasteiger partial charge is 0.497 e. The summed E-state index contributed by atoms with van der Waals surface area (Å²) in [5.74, 6) is 0.425. The Hall–Kier alpha value is -1.07. The molecule has 1 atom stereocenters. The molecule has 18 heavy (non-hydrogen) atoms. The maximum atomic E-state index is 11.4. The van der Waals surface area contributed by atoms with Gasteiger partial charge in [0.1, 0.15) is 11.8 Å². The topological polar surface area (TPSA) is 58.6 Å². The first-order valence-corrected chi connectivity index (χ1v) is 6.70. The Kier molecular flexibility index (Phi) is 4.24. The quantitative estimate of drug-likeness (QED) is 0.847. The van der Waals surface area contributed by atoms with Crippen LogP contribution in [0.25, 0.3) is 0 Å². The highest BCUT2D eigenvalue weighted by molar-refractivity contribution is 9.10. The average molecular weight is 314 g/mol. The fourth-order valence-corrected chi connectivity index (χ4v) is 2.28. The van der Waals surface area contributed by atoms with Crippen molar-refractivity contribution in [3.63, 3.8) is 0 Å². The van der Waals surface area contributed by atoms with E-state index in [2.05, 4.69) is 21.2 Å². The maximum Gasteiger partial charge on any atom is 0.325 e. The second kappa shape index (κ2) is 5.71. The fraction of sp³-hybridized carbons (Fsp3) is 0.462. The van der Waals surface area contributed by atoms with Crippen LogP contribution in [0.3, 0.4) is 0 Å². The van der Waals surface area contributed by atoms with Crippen LogP contribution >= 0.6 is 15.9 Å². The smallest absolute Gasteiger partial charge is 0.325 e. The molecule has 1 saturated carbocycles. The van der Waals surface area contributed by atoms with E-state index in [1.54, 1.807) is 19.2 Å². The van der Waals surface area contributed by atoms with Gasteiger partial charge in [-0.25, -0.2) is 0 Å². The van der Waals surface area contributed by atoms with E-state index >= 15 is 0 Å². The first-order chi connectivity index (χ1) is 8.61. The summed E-state index contributed by atoms with van der Waals surface area (Å²) in [6.07, 6.45) is 2.39. The number of carboxylic acid groups (broad SMARTS) is 1. The van der Waals surface area contributed by atoms with Crippen LogP contribution in [0.1, 0.15) is 24.4 Å². The summed E-state index contributed by atoms with van der Waals surface area (Å²) in [5.41, 5.74) is 0.697.